The summed E-state index contributed by atoms with van der Waals surface area (Å²) < 4.78 is 26.1. The number of guanidine groups is 1. The summed E-state index contributed by atoms with van der Waals surface area (Å²) in [5.74, 6) is 0.856. The van der Waals surface area contributed by atoms with Crippen LogP contribution in [0.1, 0.15) is 23.3 Å². The molecule has 1 saturated heterocycles. The van der Waals surface area contributed by atoms with Crippen LogP contribution in [0.2, 0.25) is 0 Å². The molecule has 0 radical (unpaired) electrons. The summed E-state index contributed by atoms with van der Waals surface area (Å²) in [4.78, 5) is 7.63. The SMILES string of the molecule is CN=C(NCc1ccc(S(=O)(=O)N(C)C)s1)N1CCC(=Cc2ccccc2)CC1. The Hall–Kier alpha value is -2.16. The highest BCUT2D eigenvalue weighted by atomic mass is 32.2. The molecule has 1 aromatic heterocycles. The van der Waals surface area contributed by atoms with Gasteiger partial charge in [0.05, 0.1) is 6.54 Å². The van der Waals surface area contributed by atoms with E-state index in [0.717, 1.165) is 36.8 Å². The van der Waals surface area contributed by atoms with E-state index in [1.54, 1.807) is 27.2 Å². The summed E-state index contributed by atoms with van der Waals surface area (Å²) >= 11 is 1.29. The molecule has 6 nitrogen and oxygen atoms in total. The first kappa shape index (κ1) is 21.5. The summed E-state index contributed by atoms with van der Waals surface area (Å²) in [6.07, 6.45) is 4.31. The first-order valence-electron chi connectivity index (χ1n) is 9.61. The largest absolute Gasteiger partial charge is 0.351 e. The predicted octanol–water partition coefficient (Wildman–Crippen LogP) is 3.25. The molecule has 2 aromatic rings. The number of aliphatic imine (C=N–C) groups is 1. The van der Waals surface area contributed by atoms with Crippen molar-refractivity contribution in [3.8, 4) is 0 Å². The van der Waals surface area contributed by atoms with Crippen LogP contribution in [0.3, 0.4) is 0 Å². The predicted molar refractivity (Wildman–Crippen MR) is 121 cm³/mol. The van der Waals surface area contributed by atoms with Gasteiger partial charge in [-0.05, 0) is 30.5 Å². The van der Waals surface area contributed by atoms with Gasteiger partial charge in [-0.15, -0.1) is 11.3 Å². The van der Waals surface area contributed by atoms with E-state index in [2.05, 4.69) is 45.6 Å². The molecule has 0 unspecified atom stereocenters. The Bertz CT molecular complexity index is 969. The van der Waals surface area contributed by atoms with Gasteiger partial charge in [-0.25, -0.2) is 12.7 Å². The van der Waals surface area contributed by atoms with Crippen LogP contribution >= 0.6 is 11.3 Å². The molecule has 1 aliphatic heterocycles. The van der Waals surface area contributed by atoms with Crippen molar-refractivity contribution < 1.29 is 8.42 Å². The van der Waals surface area contributed by atoms with Crippen molar-refractivity contribution in [1.82, 2.24) is 14.5 Å². The topological polar surface area (TPSA) is 65.0 Å². The van der Waals surface area contributed by atoms with E-state index in [9.17, 15) is 8.42 Å². The zero-order chi connectivity index (χ0) is 20.9. The second-order valence-corrected chi connectivity index (χ2v) is 10.7. The third kappa shape index (κ3) is 5.46. The highest BCUT2D eigenvalue weighted by Crippen LogP contribution is 2.24. The van der Waals surface area contributed by atoms with E-state index in [1.165, 1.54) is 26.8 Å². The molecule has 0 saturated carbocycles. The minimum absolute atomic E-state index is 0.364. The number of hydrogen-bond acceptors (Lipinski definition) is 4. The molecular formula is C21H28N4O2S2. The third-order valence-electron chi connectivity index (χ3n) is 4.88. The fraction of sp³-hybridized carbons (Fsp3) is 0.381. The zero-order valence-electron chi connectivity index (χ0n) is 17.1. The molecule has 0 spiro atoms. The van der Waals surface area contributed by atoms with E-state index in [-0.39, 0.29) is 0 Å². The van der Waals surface area contributed by atoms with Crippen molar-refractivity contribution in [1.29, 1.82) is 0 Å². The van der Waals surface area contributed by atoms with Gasteiger partial charge in [-0.1, -0.05) is 42.0 Å². The average molecular weight is 433 g/mol. The van der Waals surface area contributed by atoms with E-state index in [0.29, 0.717) is 10.8 Å². The maximum Gasteiger partial charge on any atom is 0.252 e. The first-order valence-corrected chi connectivity index (χ1v) is 11.9. The van der Waals surface area contributed by atoms with Gasteiger partial charge in [0.2, 0.25) is 0 Å². The monoisotopic (exact) mass is 432 g/mol. The van der Waals surface area contributed by atoms with Gasteiger partial charge in [0, 0.05) is 39.1 Å². The number of benzene rings is 1. The summed E-state index contributed by atoms with van der Waals surface area (Å²) in [5.41, 5.74) is 2.71. The Morgan fingerprint density at radius 1 is 1.17 bits per heavy atom. The molecule has 3 rings (SSSR count). The van der Waals surface area contributed by atoms with Gasteiger partial charge in [0.15, 0.2) is 5.96 Å². The fourth-order valence-electron chi connectivity index (χ4n) is 3.21. The normalized spacial score (nSPS) is 15.7. The van der Waals surface area contributed by atoms with Crippen molar-refractivity contribution in [3.63, 3.8) is 0 Å². The van der Waals surface area contributed by atoms with Gasteiger partial charge in [0.1, 0.15) is 4.21 Å². The second kappa shape index (κ2) is 9.56. The minimum atomic E-state index is -3.38. The molecule has 8 heteroatoms. The standard InChI is InChI=1S/C21H28N4O2S2/c1-22-21(23-16-19-9-10-20(28-19)29(26,27)24(2)3)25-13-11-18(12-14-25)15-17-7-5-4-6-8-17/h4-10,15H,11-14,16H2,1-3H3,(H,22,23). The van der Waals surface area contributed by atoms with Gasteiger partial charge < -0.3 is 10.2 Å². The summed E-state index contributed by atoms with van der Waals surface area (Å²) in [7, 11) is 1.50. The van der Waals surface area contributed by atoms with E-state index in [1.807, 2.05) is 12.1 Å². The van der Waals surface area contributed by atoms with Crippen LogP contribution in [0.5, 0.6) is 0 Å². The smallest absolute Gasteiger partial charge is 0.252 e. The van der Waals surface area contributed by atoms with Crippen molar-refractivity contribution in [3.05, 3.63) is 58.5 Å². The zero-order valence-corrected chi connectivity index (χ0v) is 18.8. The van der Waals surface area contributed by atoms with Gasteiger partial charge >= 0.3 is 0 Å². The van der Waals surface area contributed by atoms with E-state index < -0.39 is 10.0 Å². The highest BCUT2D eigenvalue weighted by molar-refractivity contribution is 7.91. The highest BCUT2D eigenvalue weighted by Gasteiger charge is 2.20. The van der Waals surface area contributed by atoms with Crippen LogP contribution in [0.25, 0.3) is 6.08 Å². The van der Waals surface area contributed by atoms with Crippen LogP contribution in [-0.4, -0.2) is 57.8 Å². The summed E-state index contributed by atoms with van der Waals surface area (Å²) in [6.45, 7) is 2.40. The molecule has 2 heterocycles. The Balaban J connectivity index is 1.56. The molecule has 29 heavy (non-hydrogen) atoms. The maximum atomic E-state index is 12.2. The Morgan fingerprint density at radius 3 is 2.48 bits per heavy atom. The van der Waals surface area contributed by atoms with Crippen LogP contribution in [0.15, 0.2) is 57.2 Å². The number of thiophene rings is 1. The molecule has 156 valence electrons. The summed E-state index contributed by atoms with van der Waals surface area (Å²) in [5, 5.41) is 3.37. The molecule has 1 aromatic carbocycles. The van der Waals surface area contributed by atoms with Crippen LogP contribution in [0, 0.1) is 0 Å². The molecule has 0 atom stereocenters. The third-order valence-corrected chi connectivity index (χ3v) is 8.25. The lowest BCUT2D eigenvalue weighted by Crippen LogP contribution is -2.44. The van der Waals surface area contributed by atoms with Crippen molar-refractivity contribution in [2.75, 3.05) is 34.2 Å². The molecule has 1 aliphatic rings. The molecular weight excluding hydrogens is 404 g/mol. The number of rotatable bonds is 5. The lowest BCUT2D eigenvalue weighted by Gasteiger charge is -2.31. The summed E-state index contributed by atoms with van der Waals surface area (Å²) in [6, 6.07) is 13.9. The number of nitrogens with zero attached hydrogens (tertiary/aromatic N) is 3. The Labute approximate surface area is 177 Å². The van der Waals surface area contributed by atoms with Gasteiger partial charge in [-0.2, -0.15) is 0 Å². The fourth-order valence-corrected chi connectivity index (χ4v) is 5.67. The van der Waals surface area contributed by atoms with E-state index >= 15 is 0 Å². The number of likely N-dealkylation sites (tertiary alicyclic amines) is 1. The molecule has 1 fully saturated rings. The van der Waals surface area contributed by atoms with Crippen molar-refractivity contribution >= 4 is 33.4 Å². The number of nitrogens with one attached hydrogen (secondary N) is 1. The maximum absolute atomic E-state index is 12.2. The quantitative estimate of drug-likeness (QED) is 0.582. The van der Waals surface area contributed by atoms with Crippen LogP contribution < -0.4 is 5.32 Å². The van der Waals surface area contributed by atoms with Gasteiger partial charge in [-0.3, -0.25) is 4.99 Å². The van der Waals surface area contributed by atoms with Crippen molar-refractivity contribution in [2.24, 2.45) is 4.99 Å². The molecule has 0 aliphatic carbocycles. The van der Waals surface area contributed by atoms with Crippen molar-refractivity contribution in [2.45, 2.75) is 23.6 Å². The number of sulfonamides is 1. The Morgan fingerprint density at radius 2 is 1.86 bits per heavy atom. The minimum Gasteiger partial charge on any atom is -0.351 e. The van der Waals surface area contributed by atoms with Crippen LogP contribution in [-0.2, 0) is 16.6 Å². The van der Waals surface area contributed by atoms with E-state index in [4.69, 9.17) is 0 Å². The molecule has 0 bridgehead atoms. The second-order valence-electron chi connectivity index (χ2n) is 7.11. The number of piperidine rings is 1. The molecule has 1 N–H and O–H groups in total. The average Bonchev–Trinajstić information content (AvgIpc) is 3.20. The Kier molecular flexibility index (Phi) is 7.10. The molecule has 0 amide bonds. The lowest BCUT2D eigenvalue weighted by atomic mass is 10.0. The van der Waals surface area contributed by atoms with Gasteiger partial charge in [0.25, 0.3) is 10.0 Å². The van der Waals surface area contributed by atoms with Crippen LogP contribution in [0.4, 0.5) is 0 Å². The lowest BCUT2D eigenvalue weighted by molar-refractivity contribution is 0.375. The number of hydrogen-bond donors (Lipinski definition) is 1. The first-order chi connectivity index (χ1) is 13.9.